The fourth-order valence-corrected chi connectivity index (χ4v) is 2.40. The quantitative estimate of drug-likeness (QED) is 0.693. The summed E-state index contributed by atoms with van der Waals surface area (Å²) in [7, 11) is 0. The van der Waals surface area contributed by atoms with Gasteiger partial charge in [0.05, 0.1) is 9.25 Å². The van der Waals surface area contributed by atoms with E-state index in [-0.39, 0.29) is 3.74 Å². The van der Waals surface area contributed by atoms with E-state index in [1.165, 1.54) is 0 Å². The molecule has 0 radical (unpaired) electrons. The first kappa shape index (κ1) is 10.5. The Kier molecular flexibility index (Phi) is 3.19. The minimum Gasteiger partial charge on any atom is -0.244 e. The van der Waals surface area contributed by atoms with E-state index >= 15 is 0 Å². The molecule has 0 spiro atoms. The lowest BCUT2D eigenvalue weighted by Crippen LogP contribution is -1.89. The molecular weight excluding hydrogens is 376 g/mol. The van der Waals surface area contributed by atoms with Crippen molar-refractivity contribution >= 4 is 58.7 Å². The van der Waals surface area contributed by atoms with Crippen LogP contribution in [0.4, 0.5) is 0 Å². The van der Waals surface area contributed by atoms with Crippen molar-refractivity contribution in [3.63, 3.8) is 0 Å². The number of hydrogen-bond donors (Lipinski definition) is 0. The van der Waals surface area contributed by atoms with Crippen LogP contribution in [0.3, 0.4) is 0 Å². The van der Waals surface area contributed by atoms with E-state index < -0.39 is 0 Å². The molecule has 0 saturated heterocycles. The topological polar surface area (TPSA) is 25.8 Å². The van der Waals surface area contributed by atoms with Gasteiger partial charge in [0.25, 0.3) is 0 Å². The molecule has 72 valence electrons. The SMILES string of the molecule is Brc1ccc(C(Br)Br)c2ncncc12. The summed E-state index contributed by atoms with van der Waals surface area (Å²) in [6, 6.07) is 4.02. The number of alkyl halides is 2. The average molecular weight is 381 g/mol. The maximum Gasteiger partial charge on any atom is 0.116 e. The first-order valence-electron chi connectivity index (χ1n) is 3.86. The van der Waals surface area contributed by atoms with Crippen LogP contribution >= 0.6 is 47.8 Å². The van der Waals surface area contributed by atoms with Gasteiger partial charge in [-0.25, -0.2) is 9.97 Å². The van der Waals surface area contributed by atoms with Gasteiger partial charge in [-0.2, -0.15) is 0 Å². The van der Waals surface area contributed by atoms with Crippen molar-refractivity contribution in [3.05, 3.63) is 34.7 Å². The van der Waals surface area contributed by atoms with Crippen molar-refractivity contribution in [1.82, 2.24) is 9.97 Å². The zero-order valence-corrected chi connectivity index (χ0v) is 11.7. The Labute approximate surface area is 107 Å². The van der Waals surface area contributed by atoms with Crippen LogP contribution in [0.1, 0.15) is 9.30 Å². The Bertz CT molecular complexity index is 471. The first-order valence-corrected chi connectivity index (χ1v) is 6.49. The molecular formula is C9H5Br3N2. The van der Waals surface area contributed by atoms with Crippen LogP contribution in [0.2, 0.25) is 0 Å². The largest absolute Gasteiger partial charge is 0.244 e. The smallest absolute Gasteiger partial charge is 0.116 e. The Hall–Kier alpha value is -0.000000000000000167. The number of nitrogens with zero attached hydrogens (tertiary/aromatic N) is 2. The van der Waals surface area contributed by atoms with Crippen molar-refractivity contribution in [2.24, 2.45) is 0 Å². The third-order valence-corrected chi connectivity index (χ3v) is 3.57. The van der Waals surface area contributed by atoms with Gasteiger partial charge in [0, 0.05) is 21.6 Å². The summed E-state index contributed by atoms with van der Waals surface area (Å²) < 4.78 is 1.12. The lowest BCUT2D eigenvalue weighted by Gasteiger charge is -2.07. The lowest BCUT2D eigenvalue weighted by atomic mass is 10.1. The van der Waals surface area contributed by atoms with Gasteiger partial charge in [-0.05, 0) is 6.07 Å². The molecule has 1 aromatic carbocycles. The number of aromatic nitrogens is 2. The molecule has 14 heavy (non-hydrogen) atoms. The number of fused-ring (bicyclic) bond motifs is 1. The van der Waals surface area contributed by atoms with Crippen molar-refractivity contribution in [1.29, 1.82) is 0 Å². The maximum atomic E-state index is 4.26. The fourth-order valence-electron chi connectivity index (χ4n) is 1.24. The van der Waals surface area contributed by atoms with Crippen LogP contribution in [0, 0.1) is 0 Å². The molecule has 2 nitrogen and oxygen atoms in total. The van der Waals surface area contributed by atoms with Crippen molar-refractivity contribution in [3.8, 4) is 0 Å². The second-order valence-corrected chi connectivity index (χ2v) is 6.64. The molecule has 0 fully saturated rings. The molecule has 0 saturated carbocycles. The lowest BCUT2D eigenvalue weighted by molar-refractivity contribution is 1.21. The highest BCUT2D eigenvalue weighted by Gasteiger charge is 2.10. The highest BCUT2D eigenvalue weighted by Crippen LogP contribution is 2.35. The molecule has 0 unspecified atom stereocenters. The van der Waals surface area contributed by atoms with Gasteiger partial charge in [0.2, 0.25) is 0 Å². The Morgan fingerprint density at radius 2 is 2.00 bits per heavy atom. The van der Waals surface area contributed by atoms with Crippen LogP contribution in [0.15, 0.2) is 29.1 Å². The van der Waals surface area contributed by atoms with Crippen LogP contribution in [0.5, 0.6) is 0 Å². The normalized spacial score (nSPS) is 11.1. The summed E-state index contributed by atoms with van der Waals surface area (Å²) in [5, 5.41) is 1.02. The first-order chi connectivity index (χ1) is 6.70. The highest BCUT2D eigenvalue weighted by atomic mass is 79.9. The maximum absolute atomic E-state index is 4.26. The van der Waals surface area contributed by atoms with Crippen molar-refractivity contribution < 1.29 is 0 Å². The summed E-state index contributed by atoms with van der Waals surface area (Å²) in [4.78, 5) is 8.26. The van der Waals surface area contributed by atoms with Crippen LogP contribution in [0.25, 0.3) is 10.9 Å². The summed E-state index contributed by atoms with van der Waals surface area (Å²) in [6.07, 6.45) is 3.36. The van der Waals surface area contributed by atoms with Gasteiger partial charge >= 0.3 is 0 Å². The summed E-state index contributed by atoms with van der Waals surface area (Å²) in [6.45, 7) is 0. The molecule has 0 N–H and O–H groups in total. The van der Waals surface area contributed by atoms with Gasteiger partial charge in [-0.3, -0.25) is 0 Å². The summed E-state index contributed by atoms with van der Waals surface area (Å²) >= 11 is 10.4. The zero-order chi connectivity index (χ0) is 10.1. The van der Waals surface area contributed by atoms with E-state index in [2.05, 4.69) is 57.8 Å². The third-order valence-electron chi connectivity index (χ3n) is 1.89. The van der Waals surface area contributed by atoms with E-state index in [9.17, 15) is 0 Å². The molecule has 0 amide bonds. The van der Waals surface area contributed by atoms with E-state index in [4.69, 9.17) is 0 Å². The van der Waals surface area contributed by atoms with Gasteiger partial charge in [0.1, 0.15) is 6.33 Å². The molecule has 0 aliphatic carbocycles. The van der Waals surface area contributed by atoms with Gasteiger partial charge in [0.15, 0.2) is 0 Å². The highest BCUT2D eigenvalue weighted by molar-refractivity contribution is 9.24. The predicted octanol–water partition coefficient (Wildman–Crippen LogP) is 4.18. The zero-order valence-electron chi connectivity index (χ0n) is 6.92. The number of halogens is 3. The standard InChI is InChI=1S/C9H5Br3N2/c10-7-2-1-5(9(11)12)8-6(7)3-13-4-14-8/h1-4,9H. The third kappa shape index (κ3) is 1.85. The van der Waals surface area contributed by atoms with Gasteiger partial charge in [-0.1, -0.05) is 53.9 Å². The van der Waals surface area contributed by atoms with Gasteiger partial charge in [-0.15, -0.1) is 0 Å². The fraction of sp³-hybridized carbons (Fsp3) is 0.111. The van der Waals surface area contributed by atoms with Crippen molar-refractivity contribution in [2.45, 2.75) is 3.74 Å². The van der Waals surface area contributed by atoms with E-state index in [0.717, 1.165) is 20.9 Å². The van der Waals surface area contributed by atoms with E-state index in [1.807, 2.05) is 12.1 Å². The molecule has 5 heteroatoms. The van der Waals surface area contributed by atoms with Crippen LogP contribution < -0.4 is 0 Å². The van der Waals surface area contributed by atoms with E-state index in [0.29, 0.717) is 0 Å². The monoisotopic (exact) mass is 378 g/mol. The average Bonchev–Trinajstić information content (AvgIpc) is 2.18. The summed E-state index contributed by atoms with van der Waals surface area (Å²) in [5.41, 5.74) is 2.05. The van der Waals surface area contributed by atoms with Crippen molar-refractivity contribution in [2.75, 3.05) is 0 Å². The Morgan fingerprint density at radius 3 is 2.71 bits per heavy atom. The molecule has 0 bridgehead atoms. The molecule has 0 atom stereocenters. The molecule has 1 aromatic heterocycles. The predicted molar refractivity (Wildman–Crippen MR) is 67.8 cm³/mol. The molecule has 0 aliphatic rings. The van der Waals surface area contributed by atoms with Gasteiger partial charge < -0.3 is 0 Å². The van der Waals surface area contributed by atoms with Crippen LogP contribution in [-0.2, 0) is 0 Å². The number of rotatable bonds is 1. The number of hydrogen-bond acceptors (Lipinski definition) is 2. The molecule has 2 aromatic rings. The molecule has 0 aliphatic heterocycles. The Balaban J connectivity index is 2.82. The summed E-state index contributed by atoms with van der Waals surface area (Å²) in [5.74, 6) is 0. The minimum absolute atomic E-state index is 0.112. The Morgan fingerprint density at radius 1 is 1.21 bits per heavy atom. The van der Waals surface area contributed by atoms with E-state index in [1.54, 1.807) is 12.5 Å². The number of benzene rings is 1. The second-order valence-electron chi connectivity index (χ2n) is 2.72. The minimum atomic E-state index is 0.112. The molecule has 1 heterocycles. The second kappa shape index (κ2) is 4.24. The van der Waals surface area contributed by atoms with Crippen LogP contribution in [-0.4, -0.2) is 9.97 Å². The molecule has 2 rings (SSSR count).